The van der Waals surface area contributed by atoms with Gasteiger partial charge in [-0.25, -0.2) is 17.8 Å². The minimum absolute atomic E-state index is 0.0128. The number of para-hydroxylation sites is 1. The van der Waals surface area contributed by atoms with Crippen LogP contribution in [0.4, 0.5) is 9.52 Å². The van der Waals surface area contributed by atoms with Crippen LogP contribution in [0.1, 0.15) is 0 Å². The molecule has 1 N–H and O–H groups in total. The Labute approximate surface area is 147 Å². The number of carbonyl (C=O) groups is 1. The quantitative estimate of drug-likeness (QED) is 0.736. The molecule has 0 aliphatic rings. The van der Waals surface area contributed by atoms with Gasteiger partial charge in [-0.05, 0) is 36.4 Å². The number of nitrogens with one attached hydrogen (secondary N) is 1. The lowest BCUT2D eigenvalue weighted by Gasteiger charge is -2.05. The molecule has 6 nitrogen and oxygen atoms in total. The average Bonchev–Trinajstić information content (AvgIpc) is 2.98. The Kier molecular flexibility index (Phi) is 4.69. The summed E-state index contributed by atoms with van der Waals surface area (Å²) in [6, 6.07) is 10.2. The van der Waals surface area contributed by atoms with Gasteiger partial charge in [-0.3, -0.25) is 4.79 Å². The number of thiazole rings is 1. The number of amides is 1. The zero-order valence-corrected chi connectivity index (χ0v) is 14.7. The minimum atomic E-state index is -3.81. The highest BCUT2D eigenvalue weighted by Gasteiger charge is 2.20. The van der Waals surface area contributed by atoms with E-state index in [1.807, 2.05) is 0 Å². The number of anilines is 1. The normalized spacial score (nSPS) is 11.4. The first kappa shape index (κ1) is 17.3. The van der Waals surface area contributed by atoms with Crippen molar-refractivity contribution in [2.24, 2.45) is 0 Å². The highest BCUT2D eigenvalue weighted by molar-refractivity contribution is 7.92. The Morgan fingerprint density at radius 1 is 1.24 bits per heavy atom. The number of ether oxygens (including phenoxy) is 1. The number of methoxy groups -OCH3 is 1. The topological polar surface area (TPSA) is 85.4 Å². The summed E-state index contributed by atoms with van der Waals surface area (Å²) < 4.78 is 43.7. The van der Waals surface area contributed by atoms with Crippen LogP contribution in [0, 0.1) is 5.82 Å². The van der Waals surface area contributed by atoms with Gasteiger partial charge in [0, 0.05) is 0 Å². The molecule has 3 aromatic rings. The summed E-state index contributed by atoms with van der Waals surface area (Å²) in [7, 11) is -2.34. The van der Waals surface area contributed by atoms with Crippen molar-refractivity contribution in [1.82, 2.24) is 4.98 Å². The van der Waals surface area contributed by atoms with Crippen LogP contribution in [0.15, 0.2) is 47.4 Å². The minimum Gasteiger partial charge on any atom is -0.497 e. The lowest BCUT2D eigenvalue weighted by atomic mass is 10.3. The maximum Gasteiger partial charge on any atom is 0.241 e. The number of fused-ring (bicyclic) bond motifs is 1. The summed E-state index contributed by atoms with van der Waals surface area (Å²) in [4.78, 5) is 16.0. The van der Waals surface area contributed by atoms with Crippen molar-refractivity contribution in [3.8, 4) is 5.75 Å². The van der Waals surface area contributed by atoms with E-state index in [-0.39, 0.29) is 15.5 Å². The number of sulfone groups is 1. The molecule has 3 rings (SSSR count). The van der Waals surface area contributed by atoms with Crippen LogP contribution < -0.4 is 10.1 Å². The second-order valence-electron chi connectivity index (χ2n) is 5.09. The molecule has 0 saturated carbocycles. The summed E-state index contributed by atoms with van der Waals surface area (Å²) in [5.41, 5.74) is 0.140. The van der Waals surface area contributed by atoms with E-state index in [1.54, 1.807) is 6.07 Å². The molecule has 25 heavy (non-hydrogen) atoms. The molecule has 1 amide bonds. The summed E-state index contributed by atoms with van der Waals surface area (Å²) in [5.74, 6) is -1.46. The Morgan fingerprint density at radius 3 is 2.60 bits per heavy atom. The second kappa shape index (κ2) is 6.77. The van der Waals surface area contributed by atoms with Crippen LogP contribution in [0.3, 0.4) is 0 Å². The molecular weight excluding hydrogens is 367 g/mol. The van der Waals surface area contributed by atoms with E-state index in [0.717, 1.165) is 11.3 Å². The number of hydrogen-bond acceptors (Lipinski definition) is 6. The average molecular weight is 380 g/mol. The number of rotatable bonds is 5. The van der Waals surface area contributed by atoms with Gasteiger partial charge in [-0.1, -0.05) is 17.4 Å². The predicted octanol–water partition coefficient (Wildman–Crippen LogP) is 2.86. The van der Waals surface area contributed by atoms with E-state index < -0.39 is 27.3 Å². The summed E-state index contributed by atoms with van der Waals surface area (Å²) in [5, 5.41) is 2.55. The number of aromatic nitrogens is 1. The molecule has 0 radical (unpaired) electrons. The summed E-state index contributed by atoms with van der Waals surface area (Å²) in [6.07, 6.45) is 0. The first-order valence-corrected chi connectivity index (χ1v) is 9.57. The van der Waals surface area contributed by atoms with Crippen molar-refractivity contribution in [3.05, 3.63) is 48.3 Å². The Bertz CT molecular complexity index is 1030. The first-order chi connectivity index (χ1) is 11.9. The molecule has 0 aliphatic heterocycles. The van der Waals surface area contributed by atoms with Crippen LogP contribution in [-0.4, -0.2) is 32.2 Å². The van der Waals surface area contributed by atoms with Crippen molar-refractivity contribution < 1.29 is 22.3 Å². The van der Waals surface area contributed by atoms with Gasteiger partial charge in [0.15, 0.2) is 15.0 Å². The fourth-order valence-corrected chi connectivity index (χ4v) is 4.19. The lowest BCUT2D eigenvalue weighted by Crippen LogP contribution is -2.22. The van der Waals surface area contributed by atoms with Gasteiger partial charge >= 0.3 is 0 Å². The van der Waals surface area contributed by atoms with Gasteiger partial charge in [0.1, 0.15) is 22.8 Å². The predicted molar refractivity (Wildman–Crippen MR) is 93.3 cm³/mol. The zero-order valence-electron chi connectivity index (χ0n) is 13.0. The number of carbonyl (C=O) groups excluding carboxylic acids is 1. The highest BCUT2D eigenvalue weighted by atomic mass is 32.2. The smallest absolute Gasteiger partial charge is 0.241 e. The molecule has 9 heteroatoms. The standard InChI is InChI=1S/C16H13FN2O4S2/c1-23-10-5-7-11(8-6-10)25(21,22)9-14(20)18-16-19-15-12(17)3-2-4-13(15)24-16/h2-8H,9H2,1H3,(H,18,19,20). The molecule has 0 bridgehead atoms. The van der Waals surface area contributed by atoms with E-state index in [1.165, 1.54) is 43.5 Å². The Hall–Kier alpha value is -2.52. The first-order valence-electron chi connectivity index (χ1n) is 7.11. The van der Waals surface area contributed by atoms with E-state index in [9.17, 15) is 17.6 Å². The van der Waals surface area contributed by atoms with Gasteiger partial charge in [-0.2, -0.15) is 0 Å². The molecule has 0 unspecified atom stereocenters. The number of benzene rings is 2. The van der Waals surface area contributed by atoms with Crippen LogP contribution in [0.2, 0.25) is 0 Å². The van der Waals surface area contributed by atoms with Gasteiger partial charge in [0.05, 0.1) is 16.7 Å². The third-order valence-corrected chi connectivity index (χ3v) is 5.92. The number of halogens is 1. The second-order valence-corrected chi connectivity index (χ2v) is 8.11. The molecule has 1 aromatic heterocycles. The van der Waals surface area contributed by atoms with Crippen LogP contribution in [-0.2, 0) is 14.6 Å². The van der Waals surface area contributed by atoms with Gasteiger partial charge in [0.2, 0.25) is 5.91 Å². The fraction of sp³-hybridized carbons (Fsp3) is 0.125. The van der Waals surface area contributed by atoms with Crippen molar-refractivity contribution in [1.29, 1.82) is 0 Å². The van der Waals surface area contributed by atoms with Crippen molar-refractivity contribution in [2.75, 3.05) is 18.2 Å². The monoisotopic (exact) mass is 380 g/mol. The Morgan fingerprint density at radius 2 is 1.96 bits per heavy atom. The third-order valence-electron chi connectivity index (χ3n) is 3.36. The zero-order chi connectivity index (χ0) is 18.0. The number of hydrogen-bond donors (Lipinski definition) is 1. The van der Waals surface area contributed by atoms with Crippen molar-refractivity contribution in [2.45, 2.75) is 4.90 Å². The molecule has 0 saturated heterocycles. The molecule has 0 aliphatic carbocycles. The Balaban J connectivity index is 1.75. The molecule has 1 heterocycles. The molecule has 130 valence electrons. The van der Waals surface area contributed by atoms with E-state index in [4.69, 9.17) is 4.74 Å². The molecular formula is C16H13FN2O4S2. The summed E-state index contributed by atoms with van der Waals surface area (Å²) >= 11 is 1.07. The lowest BCUT2D eigenvalue weighted by molar-refractivity contribution is -0.113. The van der Waals surface area contributed by atoms with E-state index in [2.05, 4.69) is 10.3 Å². The summed E-state index contributed by atoms with van der Waals surface area (Å²) in [6.45, 7) is 0. The highest BCUT2D eigenvalue weighted by Crippen LogP contribution is 2.27. The fourth-order valence-electron chi connectivity index (χ4n) is 2.16. The van der Waals surface area contributed by atoms with Crippen LogP contribution in [0.5, 0.6) is 5.75 Å². The molecule has 2 aromatic carbocycles. The van der Waals surface area contributed by atoms with Crippen molar-refractivity contribution >= 4 is 42.4 Å². The maximum absolute atomic E-state index is 13.6. The third kappa shape index (κ3) is 3.77. The SMILES string of the molecule is COc1ccc(S(=O)(=O)CC(=O)Nc2nc3c(F)cccc3s2)cc1. The van der Waals surface area contributed by atoms with E-state index >= 15 is 0 Å². The van der Waals surface area contributed by atoms with Crippen LogP contribution >= 0.6 is 11.3 Å². The van der Waals surface area contributed by atoms with Crippen LogP contribution in [0.25, 0.3) is 10.2 Å². The van der Waals surface area contributed by atoms with Gasteiger partial charge in [-0.15, -0.1) is 0 Å². The van der Waals surface area contributed by atoms with Gasteiger partial charge < -0.3 is 10.1 Å². The van der Waals surface area contributed by atoms with Crippen molar-refractivity contribution in [3.63, 3.8) is 0 Å². The largest absolute Gasteiger partial charge is 0.497 e. The molecule has 0 spiro atoms. The van der Waals surface area contributed by atoms with Gasteiger partial charge in [0.25, 0.3) is 0 Å². The molecule has 0 atom stereocenters. The number of nitrogens with zero attached hydrogens (tertiary/aromatic N) is 1. The maximum atomic E-state index is 13.6. The van der Waals surface area contributed by atoms with E-state index in [0.29, 0.717) is 10.4 Å². The molecule has 0 fully saturated rings.